The highest BCUT2D eigenvalue weighted by molar-refractivity contribution is 5.84. The molecule has 0 rings (SSSR count). The van der Waals surface area contributed by atoms with Crippen LogP contribution in [-0.4, -0.2) is 22.0 Å². The second kappa shape index (κ2) is 3.61. The largest absolute Gasteiger partial charge is 0.478 e. The number of rotatable bonds is 1. The van der Waals surface area contributed by atoms with E-state index in [4.69, 9.17) is 5.11 Å². The van der Waals surface area contributed by atoms with Gasteiger partial charge in [-0.25, -0.2) is 4.79 Å². The molecule has 4 radical (unpaired) electrons. The van der Waals surface area contributed by atoms with Crippen LogP contribution in [0.1, 0.15) is 6.92 Å². The molecule has 1 N–H and O–H groups in total. The number of carboxylic acid groups (broad SMARTS) is 1. The molecule has 0 aliphatic carbocycles. The van der Waals surface area contributed by atoms with E-state index in [1.165, 1.54) is 6.92 Å². The zero-order valence-corrected chi connectivity index (χ0v) is 5.06. The Labute approximate surface area is 46.9 Å². The van der Waals surface area contributed by atoms with Gasteiger partial charge in [0.1, 0.15) is 0 Å². The summed E-state index contributed by atoms with van der Waals surface area (Å²) in [5, 5.41) is 7.89. The summed E-state index contributed by atoms with van der Waals surface area (Å²) in [7, 11) is 0. The Bertz CT molecular complexity index is 75.7. The lowest BCUT2D eigenvalue weighted by Gasteiger charge is -1.79. The van der Waals surface area contributed by atoms with E-state index in [1.54, 1.807) is 0 Å². The molecule has 2 nitrogen and oxygen atoms in total. The van der Waals surface area contributed by atoms with E-state index >= 15 is 0 Å². The molecule has 38 valence electrons. The third-order valence-corrected chi connectivity index (χ3v) is 0.365. The van der Waals surface area contributed by atoms with Gasteiger partial charge in [0, 0.05) is 16.5 Å². The molecule has 0 aromatic carbocycles. The minimum Gasteiger partial charge on any atom is -0.478 e. The van der Waals surface area contributed by atoms with Crippen molar-refractivity contribution in [3.63, 3.8) is 0 Å². The Kier molecular flexibility index (Phi) is 4.98. The number of hydrogen-bond acceptors (Lipinski definition) is 1. The van der Waals surface area contributed by atoms with E-state index in [0.29, 0.717) is 0 Å². The molecule has 0 aromatic heterocycles. The first kappa shape index (κ1) is 9.66. The highest BCUT2D eigenvalue weighted by Gasteiger charge is 1.90. The third-order valence-electron chi connectivity index (χ3n) is 0.365. The zero-order valence-electron chi connectivity index (χ0n) is 4.06. The van der Waals surface area contributed by atoms with E-state index in [-0.39, 0.29) is 16.5 Å². The van der Waals surface area contributed by atoms with E-state index in [2.05, 4.69) is 6.58 Å². The van der Waals surface area contributed by atoms with Gasteiger partial charge in [-0.05, 0) is 6.92 Å². The molecule has 0 amide bonds. The average molecular weight is 114 g/mol. The summed E-state index contributed by atoms with van der Waals surface area (Å²) in [5.74, 6) is -0.935. The SMILES string of the molecule is C=C(C)C(=O)O.[Si]. The quantitative estimate of drug-likeness (QED) is 0.392. The summed E-state index contributed by atoms with van der Waals surface area (Å²) in [6.45, 7) is 4.60. The van der Waals surface area contributed by atoms with Gasteiger partial charge in [-0.3, -0.25) is 0 Å². The van der Waals surface area contributed by atoms with Crippen molar-refractivity contribution in [2.45, 2.75) is 6.92 Å². The molecule has 0 bridgehead atoms. The normalized spacial score (nSPS) is 6.43. The Morgan fingerprint density at radius 2 is 1.86 bits per heavy atom. The minimum absolute atomic E-state index is 0. The molecular formula is C4H6O2Si. The summed E-state index contributed by atoms with van der Waals surface area (Å²) in [6, 6.07) is 0. The van der Waals surface area contributed by atoms with Crippen molar-refractivity contribution in [1.82, 2.24) is 0 Å². The second-order valence-corrected chi connectivity index (χ2v) is 1.09. The Hall–Kier alpha value is -0.573. The molecule has 0 heterocycles. The van der Waals surface area contributed by atoms with Gasteiger partial charge in [-0.1, -0.05) is 6.58 Å². The molecule has 7 heavy (non-hydrogen) atoms. The van der Waals surface area contributed by atoms with Crippen molar-refractivity contribution in [2.75, 3.05) is 0 Å². The van der Waals surface area contributed by atoms with Gasteiger partial charge in [-0.2, -0.15) is 0 Å². The topological polar surface area (TPSA) is 37.3 Å². The molecule has 0 aromatic rings. The maximum atomic E-state index is 9.60. The Morgan fingerprint density at radius 1 is 1.71 bits per heavy atom. The monoisotopic (exact) mass is 114 g/mol. The molecule has 0 saturated heterocycles. The van der Waals surface area contributed by atoms with Crippen molar-refractivity contribution >= 4 is 16.9 Å². The molecule has 0 unspecified atom stereocenters. The number of carbonyl (C=O) groups is 1. The van der Waals surface area contributed by atoms with Gasteiger partial charge in [0.15, 0.2) is 0 Å². The molecule has 0 aliphatic rings. The number of aliphatic carboxylic acids is 1. The van der Waals surface area contributed by atoms with Crippen LogP contribution >= 0.6 is 0 Å². The fourth-order valence-electron chi connectivity index (χ4n) is 0. The number of hydrogen-bond donors (Lipinski definition) is 1. The van der Waals surface area contributed by atoms with Gasteiger partial charge in [0.25, 0.3) is 0 Å². The van der Waals surface area contributed by atoms with Gasteiger partial charge in [0.2, 0.25) is 0 Å². The lowest BCUT2D eigenvalue weighted by atomic mass is 10.4. The van der Waals surface area contributed by atoms with Crippen LogP contribution in [0.15, 0.2) is 12.2 Å². The smallest absolute Gasteiger partial charge is 0.330 e. The van der Waals surface area contributed by atoms with Crippen molar-refractivity contribution < 1.29 is 9.90 Å². The van der Waals surface area contributed by atoms with E-state index in [1.807, 2.05) is 0 Å². The van der Waals surface area contributed by atoms with Crippen LogP contribution in [0.4, 0.5) is 0 Å². The van der Waals surface area contributed by atoms with Crippen LogP contribution in [-0.2, 0) is 4.79 Å². The second-order valence-electron chi connectivity index (χ2n) is 1.09. The fourth-order valence-corrected chi connectivity index (χ4v) is 0. The Morgan fingerprint density at radius 3 is 1.86 bits per heavy atom. The maximum Gasteiger partial charge on any atom is 0.330 e. The number of carboxylic acids is 1. The van der Waals surface area contributed by atoms with Crippen LogP contribution in [0, 0.1) is 0 Å². The average Bonchev–Trinajstić information content (AvgIpc) is 1.36. The van der Waals surface area contributed by atoms with Crippen molar-refractivity contribution in [3.8, 4) is 0 Å². The van der Waals surface area contributed by atoms with Crippen LogP contribution in [0.3, 0.4) is 0 Å². The lowest BCUT2D eigenvalue weighted by molar-refractivity contribution is -0.132. The maximum absolute atomic E-state index is 9.60. The minimum atomic E-state index is -0.935. The highest BCUT2D eigenvalue weighted by atomic mass is 28.1. The fraction of sp³-hybridized carbons (Fsp3) is 0.250. The highest BCUT2D eigenvalue weighted by Crippen LogP contribution is 1.81. The van der Waals surface area contributed by atoms with E-state index < -0.39 is 5.97 Å². The van der Waals surface area contributed by atoms with Gasteiger partial charge < -0.3 is 5.11 Å². The molecule has 0 spiro atoms. The molecule has 0 saturated carbocycles. The first-order valence-electron chi connectivity index (χ1n) is 1.53. The van der Waals surface area contributed by atoms with Crippen molar-refractivity contribution in [2.24, 2.45) is 0 Å². The molecular weight excluding hydrogens is 108 g/mol. The summed E-state index contributed by atoms with van der Waals surface area (Å²) in [4.78, 5) is 9.60. The zero-order chi connectivity index (χ0) is 5.15. The lowest BCUT2D eigenvalue weighted by Crippen LogP contribution is -1.92. The Balaban J connectivity index is 0. The standard InChI is InChI=1S/C4H6O2.Si/c1-3(2)4(5)6;/h1H2,2H3,(H,5,6);. The van der Waals surface area contributed by atoms with Crippen molar-refractivity contribution in [1.29, 1.82) is 0 Å². The van der Waals surface area contributed by atoms with Gasteiger partial charge in [0.05, 0.1) is 0 Å². The third kappa shape index (κ3) is 5.43. The van der Waals surface area contributed by atoms with Crippen LogP contribution in [0.2, 0.25) is 0 Å². The van der Waals surface area contributed by atoms with Crippen molar-refractivity contribution in [3.05, 3.63) is 12.2 Å². The summed E-state index contributed by atoms with van der Waals surface area (Å²) in [5.41, 5.74) is 0.176. The van der Waals surface area contributed by atoms with Gasteiger partial charge in [-0.15, -0.1) is 0 Å². The predicted octanol–water partition coefficient (Wildman–Crippen LogP) is 0.266. The first-order valence-corrected chi connectivity index (χ1v) is 1.53. The van der Waals surface area contributed by atoms with Gasteiger partial charge >= 0.3 is 5.97 Å². The predicted molar refractivity (Wildman–Crippen MR) is 28.2 cm³/mol. The van der Waals surface area contributed by atoms with E-state index in [0.717, 1.165) is 0 Å². The summed E-state index contributed by atoms with van der Waals surface area (Å²) in [6.07, 6.45) is 0. The first-order chi connectivity index (χ1) is 2.64. The van der Waals surface area contributed by atoms with E-state index in [9.17, 15) is 4.79 Å². The summed E-state index contributed by atoms with van der Waals surface area (Å²) < 4.78 is 0. The van der Waals surface area contributed by atoms with Crippen LogP contribution in [0.5, 0.6) is 0 Å². The molecule has 0 aliphatic heterocycles. The van der Waals surface area contributed by atoms with Crippen LogP contribution < -0.4 is 0 Å². The summed E-state index contributed by atoms with van der Waals surface area (Å²) >= 11 is 0. The molecule has 0 atom stereocenters. The molecule has 0 fully saturated rings. The van der Waals surface area contributed by atoms with Crippen LogP contribution in [0.25, 0.3) is 0 Å². The molecule has 3 heteroatoms.